The van der Waals surface area contributed by atoms with Crippen LogP contribution in [0.15, 0.2) is 35.4 Å². The van der Waals surface area contributed by atoms with Gasteiger partial charge >= 0.3 is 0 Å². The molecule has 0 aliphatic heterocycles. The molecule has 9 heteroatoms. The van der Waals surface area contributed by atoms with Crippen molar-refractivity contribution in [2.45, 2.75) is 6.54 Å². The molecule has 0 saturated carbocycles. The van der Waals surface area contributed by atoms with Crippen LogP contribution in [0.5, 0.6) is 0 Å². The zero-order chi connectivity index (χ0) is 17.4. The van der Waals surface area contributed by atoms with Crippen LogP contribution in [-0.2, 0) is 6.54 Å². The number of H-pyrrole nitrogens is 2. The molecule has 0 aliphatic rings. The van der Waals surface area contributed by atoms with E-state index in [4.69, 9.17) is 23.2 Å². The lowest BCUT2D eigenvalue weighted by Crippen LogP contribution is -2.23. The van der Waals surface area contributed by atoms with Crippen molar-refractivity contribution in [2.24, 2.45) is 0 Å². The monoisotopic (exact) mass is 391 g/mol. The summed E-state index contributed by atoms with van der Waals surface area (Å²) in [7, 11) is 0. The summed E-state index contributed by atoms with van der Waals surface area (Å²) in [5.74, 6) is -0.234. The molecule has 3 heterocycles. The number of rotatable bonds is 4. The smallest absolute Gasteiger partial charge is 0.271 e. The van der Waals surface area contributed by atoms with Gasteiger partial charge in [-0.1, -0.05) is 29.3 Å². The minimum Gasteiger partial charge on any atom is -0.355 e. The molecule has 126 valence electrons. The Hall–Kier alpha value is -2.35. The van der Waals surface area contributed by atoms with Gasteiger partial charge < -0.3 is 10.3 Å². The molecule has 3 N–H and O–H groups in total. The summed E-state index contributed by atoms with van der Waals surface area (Å²) in [5, 5.41) is 13.2. The quantitative estimate of drug-likeness (QED) is 0.485. The molecule has 4 aromatic rings. The lowest BCUT2D eigenvalue weighted by Gasteiger charge is -2.04. The molecule has 1 amide bonds. The van der Waals surface area contributed by atoms with Gasteiger partial charge in [0.2, 0.25) is 0 Å². The fraction of sp³-hybridized carbons (Fsp3) is 0.0625. The molecular weight excluding hydrogens is 381 g/mol. The molecule has 0 radical (unpaired) electrons. The lowest BCUT2D eigenvalue weighted by molar-refractivity contribution is 0.0946. The highest BCUT2D eigenvalue weighted by Gasteiger charge is 2.18. The van der Waals surface area contributed by atoms with Crippen molar-refractivity contribution in [1.82, 2.24) is 25.5 Å². The first-order chi connectivity index (χ1) is 12.1. The first kappa shape index (κ1) is 16.1. The Labute approximate surface area is 156 Å². The van der Waals surface area contributed by atoms with Crippen LogP contribution in [0.25, 0.3) is 22.0 Å². The largest absolute Gasteiger partial charge is 0.355 e. The van der Waals surface area contributed by atoms with Gasteiger partial charge in [-0.2, -0.15) is 5.10 Å². The van der Waals surface area contributed by atoms with E-state index in [0.29, 0.717) is 22.3 Å². The van der Waals surface area contributed by atoms with Crippen LogP contribution in [0.4, 0.5) is 0 Å². The number of nitrogens with zero attached hydrogens (tertiary/aromatic N) is 2. The molecule has 25 heavy (non-hydrogen) atoms. The molecule has 3 aromatic heterocycles. The van der Waals surface area contributed by atoms with Gasteiger partial charge in [0, 0.05) is 33.8 Å². The third kappa shape index (κ3) is 2.90. The van der Waals surface area contributed by atoms with E-state index in [9.17, 15) is 4.79 Å². The van der Waals surface area contributed by atoms with Crippen molar-refractivity contribution in [3.63, 3.8) is 0 Å². The van der Waals surface area contributed by atoms with Gasteiger partial charge in [-0.3, -0.25) is 9.89 Å². The van der Waals surface area contributed by atoms with Crippen molar-refractivity contribution < 1.29 is 4.79 Å². The average molecular weight is 392 g/mol. The molecule has 0 bridgehead atoms. The topological polar surface area (TPSA) is 86.5 Å². The summed E-state index contributed by atoms with van der Waals surface area (Å²) in [6, 6.07) is 3.65. The van der Waals surface area contributed by atoms with Crippen LogP contribution < -0.4 is 5.32 Å². The van der Waals surface area contributed by atoms with E-state index < -0.39 is 0 Å². The van der Waals surface area contributed by atoms with Crippen LogP contribution in [0, 0.1) is 0 Å². The number of halogens is 2. The second-order valence-corrected chi connectivity index (χ2v) is 6.81. The van der Waals surface area contributed by atoms with E-state index in [-0.39, 0.29) is 5.91 Å². The Morgan fingerprint density at radius 3 is 2.92 bits per heavy atom. The van der Waals surface area contributed by atoms with Gasteiger partial charge in [0.25, 0.3) is 5.91 Å². The van der Waals surface area contributed by atoms with Crippen molar-refractivity contribution in [3.05, 3.63) is 56.9 Å². The van der Waals surface area contributed by atoms with E-state index in [0.717, 1.165) is 27.7 Å². The molecule has 4 rings (SSSR count). The van der Waals surface area contributed by atoms with Gasteiger partial charge in [0.15, 0.2) is 0 Å². The maximum Gasteiger partial charge on any atom is 0.271 e. The van der Waals surface area contributed by atoms with Gasteiger partial charge in [0.05, 0.1) is 33.8 Å². The zero-order valence-corrected chi connectivity index (χ0v) is 15.0. The second kappa shape index (κ2) is 6.51. The SMILES string of the molecule is O=C(NCc1[nH]c2c(Cl)c(Cl)ccc2c1-c1cn[nH]c1)c1cscn1. The van der Waals surface area contributed by atoms with E-state index in [2.05, 4.69) is 25.5 Å². The predicted octanol–water partition coefficient (Wildman–Crippen LogP) is 4.25. The zero-order valence-electron chi connectivity index (χ0n) is 12.6. The molecule has 0 spiro atoms. The lowest BCUT2D eigenvalue weighted by atomic mass is 10.1. The summed E-state index contributed by atoms with van der Waals surface area (Å²) in [6.45, 7) is 0.291. The minimum absolute atomic E-state index is 0.234. The first-order valence-electron chi connectivity index (χ1n) is 7.29. The Balaban J connectivity index is 1.76. The number of benzene rings is 1. The first-order valence-corrected chi connectivity index (χ1v) is 8.99. The number of carbonyl (C=O) groups is 1. The maximum atomic E-state index is 12.2. The van der Waals surface area contributed by atoms with E-state index in [1.54, 1.807) is 29.4 Å². The highest BCUT2D eigenvalue weighted by Crippen LogP contribution is 2.38. The predicted molar refractivity (Wildman–Crippen MR) is 99.2 cm³/mol. The molecule has 6 nitrogen and oxygen atoms in total. The molecule has 0 atom stereocenters. The molecular formula is C16H11Cl2N5OS. The number of amides is 1. The number of thiazole rings is 1. The Bertz CT molecular complexity index is 1040. The van der Waals surface area contributed by atoms with Crippen molar-refractivity contribution >= 4 is 51.3 Å². The highest BCUT2D eigenvalue weighted by molar-refractivity contribution is 7.07. The van der Waals surface area contributed by atoms with Crippen LogP contribution in [0.2, 0.25) is 10.0 Å². The molecule has 0 aliphatic carbocycles. The standard InChI is InChI=1S/C16H11Cl2N5OS/c17-10-2-1-9-13(8-3-21-22-4-8)11(23-15(9)14(10)18)5-19-16(24)12-6-25-7-20-12/h1-4,6-7,23H,5H2,(H,19,24)(H,21,22). The van der Waals surface area contributed by atoms with Gasteiger partial charge in [0.1, 0.15) is 5.69 Å². The summed E-state index contributed by atoms with van der Waals surface area (Å²) in [5.41, 5.74) is 5.36. The van der Waals surface area contributed by atoms with Crippen LogP contribution in [-0.4, -0.2) is 26.1 Å². The third-order valence-electron chi connectivity index (χ3n) is 3.82. The Morgan fingerprint density at radius 1 is 1.32 bits per heavy atom. The number of nitrogens with one attached hydrogen (secondary N) is 3. The molecule has 1 aromatic carbocycles. The number of hydrogen-bond donors (Lipinski definition) is 3. The van der Waals surface area contributed by atoms with Gasteiger partial charge in [-0.25, -0.2) is 4.98 Å². The van der Waals surface area contributed by atoms with Crippen molar-refractivity contribution in [2.75, 3.05) is 0 Å². The number of fused-ring (bicyclic) bond motifs is 1. The summed E-state index contributed by atoms with van der Waals surface area (Å²) < 4.78 is 0. The summed E-state index contributed by atoms with van der Waals surface area (Å²) >= 11 is 13.8. The fourth-order valence-electron chi connectivity index (χ4n) is 2.69. The average Bonchev–Trinajstić information content (AvgIpc) is 3.36. The number of carbonyl (C=O) groups excluding carboxylic acids is 1. The third-order valence-corrected chi connectivity index (χ3v) is 5.21. The van der Waals surface area contributed by atoms with Crippen molar-refractivity contribution in [1.29, 1.82) is 0 Å². The summed E-state index contributed by atoms with van der Waals surface area (Å²) in [4.78, 5) is 19.5. The van der Waals surface area contributed by atoms with Crippen LogP contribution in [0.3, 0.4) is 0 Å². The maximum absolute atomic E-state index is 12.2. The number of aromatic amines is 2. The fourth-order valence-corrected chi connectivity index (χ4v) is 3.59. The Morgan fingerprint density at radius 2 is 2.20 bits per heavy atom. The van der Waals surface area contributed by atoms with E-state index in [1.165, 1.54) is 11.3 Å². The van der Waals surface area contributed by atoms with Crippen LogP contribution >= 0.6 is 34.5 Å². The summed E-state index contributed by atoms with van der Waals surface area (Å²) in [6.07, 6.45) is 3.51. The van der Waals surface area contributed by atoms with Crippen LogP contribution in [0.1, 0.15) is 16.2 Å². The molecule has 0 saturated heterocycles. The minimum atomic E-state index is -0.234. The Kier molecular flexibility index (Phi) is 4.20. The number of aromatic nitrogens is 4. The normalized spacial score (nSPS) is 11.1. The second-order valence-electron chi connectivity index (χ2n) is 5.31. The van der Waals surface area contributed by atoms with E-state index >= 15 is 0 Å². The molecule has 0 fully saturated rings. The van der Waals surface area contributed by atoms with Gasteiger partial charge in [-0.15, -0.1) is 11.3 Å². The molecule has 0 unspecified atom stereocenters. The number of hydrogen-bond acceptors (Lipinski definition) is 4. The van der Waals surface area contributed by atoms with E-state index in [1.807, 2.05) is 6.07 Å². The van der Waals surface area contributed by atoms with Gasteiger partial charge in [-0.05, 0) is 6.07 Å². The van der Waals surface area contributed by atoms with Crippen molar-refractivity contribution in [3.8, 4) is 11.1 Å². The highest BCUT2D eigenvalue weighted by atomic mass is 35.5.